The van der Waals surface area contributed by atoms with Gasteiger partial charge in [0.15, 0.2) is 11.5 Å². The van der Waals surface area contributed by atoms with E-state index in [0.29, 0.717) is 12.4 Å². The summed E-state index contributed by atoms with van der Waals surface area (Å²) in [5.74, 6) is 0.537. The lowest BCUT2D eigenvalue weighted by Gasteiger charge is -2.03. The number of ether oxygens (including phenoxy) is 1. The highest BCUT2D eigenvalue weighted by atomic mass is 16.5. The lowest BCUT2D eigenvalue weighted by molar-refractivity contribution is 0.222. The van der Waals surface area contributed by atoms with Gasteiger partial charge in [-0.25, -0.2) is 0 Å². The first kappa shape index (κ1) is 9.82. The van der Waals surface area contributed by atoms with Crippen LogP contribution in [0, 0.1) is 0 Å². The van der Waals surface area contributed by atoms with E-state index in [1.165, 1.54) is 6.08 Å². The van der Waals surface area contributed by atoms with Crippen molar-refractivity contribution >= 4 is 0 Å². The molecule has 0 aromatic heterocycles. The highest BCUT2D eigenvalue weighted by molar-refractivity contribution is 5.21. The summed E-state index contributed by atoms with van der Waals surface area (Å²) in [6.07, 6.45) is 4.84. The highest BCUT2D eigenvalue weighted by Gasteiger charge is 1.96. The number of aliphatic hydroxyl groups excluding tert-OH is 1. The van der Waals surface area contributed by atoms with Gasteiger partial charge < -0.3 is 9.84 Å². The van der Waals surface area contributed by atoms with E-state index >= 15 is 0 Å². The van der Waals surface area contributed by atoms with Crippen LogP contribution in [0.2, 0.25) is 0 Å². The predicted molar refractivity (Wildman–Crippen MR) is 46.3 cm³/mol. The maximum Gasteiger partial charge on any atom is 0.160 e. The molecule has 0 atom stereocenters. The van der Waals surface area contributed by atoms with Crippen LogP contribution in [0.25, 0.3) is 0 Å². The molecular formula is C9H14O2. The van der Waals surface area contributed by atoms with Gasteiger partial charge in [-0.15, -0.1) is 0 Å². The molecule has 0 unspecified atom stereocenters. The minimum atomic E-state index is 0.0740. The van der Waals surface area contributed by atoms with E-state index in [1.54, 1.807) is 12.2 Å². The molecule has 0 aromatic carbocycles. The van der Waals surface area contributed by atoms with Gasteiger partial charge in [0.05, 0.1) is 6.61 Å². The van der Waals surface area contributed by atoms with Gasteiger partial charge >= 0.3 is 0 Å². The van der Waals surface area contributed by atoms with E-state index < -0.39 is 0 Å². The summed E-state index contributed by atoms with van der Waals surface area (Å²) < 4.78 is 5.11. The topological polar surface area (TPSA) is 29.5 Å². The second-order valence-corrected chi connectivity index (χ2v) is 1.89. The SMILES string of the molecule is C=C/C(O)=C(\C=C/C)OCC. The standard InChI is InChI=1S/C9H14O2/c1-4-7-9(11-6-3)8(10)5-2/h4-5,7,10H,2,6H2,1,3H3/b7-4-,9-8-. The Balaban J connectivity index is 4.42. The molecule has 0 heterocycles. The molecule has 1 N–H and O–H groups in total. The zero-order valence-electron chi connectivity index (χ0n) is 7.00. The Bertz CT molecular complexity index is 178. The van der Waals surface area contributed by atoms with Gasteiger partial charge in [-0.1, -0.05) is 12.7 Å². The third-order valence-corrected chi connectivity index (χ3v) is 1.06. The normalized spacial score (nSPS) is 12.9. The van der Waals surface area contributed by atoms with Crippen molar-refractivity contribution in [1.82, 2.24) is 0 Å². The fourth-order valence-electron chi connectivity index (χ4n) is 0.615. The van der Waals surface area contributed by atoms with E-state index in [2.05, 4.69) is 6.58 Å². The van der Waals surface area contributed by atoms with Gasteiger partial charge in [-0.05, 0) is 26.0 Å². The van der Waals surface area contributed by atoms with Gasteiger partial charge in [-0.3, -0.25) is 0 Å². The molecule has 2 nitrogen and oxygen atoms in total. The Morgan fingerprint density at radius 1 is 1.64 bits per heavy atom. The van der Waals surface area contributed by atoms with Crippen molar-refractivity contribution in [3.05, 3.63) is 36.3 Å². The molecule has 2 heteroatoms. The smallest absolute Gasteiger partial charge is 0.160 e. The van der Waals surface area contributed by atoms with Crippen LogP contribution in [0.3, 0.4) is 0 Å². The summed E-state index contributed by atoms with van der Waals surface area (Å²) in [6, 6.07) is 0. The molecule has 0 radical (unpaired) electrons. The quantitative estimate of drug-likeness (QED) is 0.498. The number of hydrogen-bond acceptors (Lipinski definition) is 2. The maximum atomic E-state index is 9.17. The molecule has 0 aliphatic carbocycles. The average Bonchev–Trinajstić information content (AvgIpc) is 2.03. The minimum absolute atomic E-state index is 0.0740. The number of rotatable bonds is 4. The van der Waals surface area contributed by atoms with Crippen molar-refractivity contribution in [3.63, 3.8) is 0 Å². The zero-order chi connectivity index (χ0) is 8.69. The first-order chi connectivity index (χ1) is 5.26. The Morgan fingerprint density at radius 3 is 2.64 bits per heavy atom. The van der Waals surface area contributed by atoms with Crippen LogP contribution < -0.4 is 0 Å². The second-order valence-electron chi connectivity index (χ2n) is 1.89. The Hall–Kier alpha value is -1.18. The van der Waals surface area contributed by atoms with Crippen LogP contribution in [-0.2, 0) is 4.74 Å². The molecule has 0 amide bonds. The number of allylic oxidation sites excluding steroid dienone is 3. The van der Waals surface area contributed by atoms with Crippen LogP contribution >= 0.6 is 0 Å². The molecule has 0 spiro atoms. The lowest BCUT2D eigenvalue weighted by atomic mass is 10.3. The fraction of sp³-hybridized carbons (Fsp3) is 0.333. The lowest BCUT2D eigenvalue weighted by Crippen LogP contribution is -1.92. The van der Waals surface area contributed by atoms with Crippen molar-refractivity contribution < 1.29 is 9.84 Å². The Morgan fingerprint density at radius 2 is 2.27 bits per heavy atom. The molecule has 0 aromatic rings. The maximum absolute atomic E-state index is 9.17. The summed E-state index contributed by atoms with van der Waals surface area (Å²) in [4.78, 5) is 0. The van der Waals surface area contributed by atoms with Gasteiger partial charge in [-0.2, -0.15) is 0 Å². The summed E-state index contributed by atoms with van der Waals surface area (Å²) in [6.45, 7) is 7.68. The predicted octanol–water partition coefficient (Wildman–Crippen LogP) is 2.55. The molecule has 0 saturated carbocycles. The van der Waals surface area contributed by atoms with Gasteiger partial charge in [0.2, 0.25) is 0 Å². The molecule has 0 bridgehead atoms. The molecule has 0 saturated heterocycles. The molecule has 0 aliphatic heterocycles. The second kappa shape index (κ2) is 5.59. The van der Waals surface area contributed by atoms with Crippen LogP contribution in [-0.4, -0.2) is 11.7 Å². The van der Waals surface area contributed by atoms with Crippen LogP contribution in [0.5, 0.6) is 0 Å². The summed E-state index contributed by atoms with van der Waals surface area (Å²) in [5, 5.41) is 9.17. The monoisotopic (exact) mass is 154 g/mol. The van der Waals surface area contributed by atoms with Crippen molar-refractivity contribution in [2.45, 2.75) is 13.8 Å². The largest absolute Gasteiger partial charge is 0.504 e. The Kier molecular flexibility index (Phi) is 4.99. The molecular weight excluding hydrogens is 140 g/mol. The van der Waals surface area contributed by atoms with E-state index in [9.17, 15) is 0 Å². The van der Waals surface area contributed by atoms with Crippen LogP contribution in [0.15, 0.2) is 36.3 Å². The zero-order valence-corrected chi connectivity index (χ0v) is 7.00. The van der Waals surface area contributed by atoms with E-state index in [1.807, 2.05) is 13.8 Å². The fourth-order valence-corrected chi connectivity index (χ4v) is 0.615. The van der Waals surface area contributed by atoms with Crippen molar-refractivity contribution in [1.29, 1.82) is 0 Å². The first-order valence-electron chi connectivity index (χ1n) is 3.57. The molecule has 0 aliphatic rings. The third kappa shape index (κ3) is 3.50. The molecule has 0 rings (SSSR count). The summed E-state index contributed by atoms with van der Waals surface area (Å²) >= 11 is 0. The van der Waals surface area contributed by atoms with Gasteiger partial charge in [0.25, 0.3) is 0 Å². The van der Waals surface area contributed by atoms with E-state index in [0.717, 1.165) is 0 Å². The summed E-state index contributed by atoms with van der Waals surface area (Å²) in [5.41, 5.74) is 0. The van der Waals surface area contributed by atoms with Gasteiger partial charge in [0, 0.05) is 0 Å². The first-order valence-corrected chi connectivity index (χ1v) is 3.57. The van der Waals surface area contributed by atoms with Crippen molar-refractivity contribution in [3.8, 4) is 0 Å². The minimum Gasteiger partial charge on any atom is -0.504 e. The Labute approximate surface area is 67.5 Å². The van der Waals surface area contributed by atoms with E-state index in [-0.39, 0.29) is 5.76 Å². The third-order valence-electron chi connectivity index (χ3n) is 1.06. The average molecular weight is 154 g/mol. The van der Waals surface area contributed by atoms with Gasteiger partial charge in [0.1, 0.15) is 0 Å². The molecule has 62 valence electrons. The number of hydrogen-bond donors (Lipinski definition) is 1. The summed E-state index contributed by atoms with van der Waals surface area (Å²) in [7, 11) is 0. The van der Waals surface area contributed by atoms with Crippen LogP contribution in [0.4, 0.5) is 0 Å². The number of aliphatic hydroxyl groups is 1. The molecule has 11 heavy (non-hydrogen) atoms. The molecule has 0 fully saturated rings. The van der Waals surface area contributed by atoms with Crippen molar-refractivity contribution in [2.75, 3.05) is 6.61 Å². The van der Waals surface area contributed by atoms with Crippen molar-refractivity contribution in [2.24, 2.45) is 0 Å². The van der Waals surface area contributed by atoms with Crippen LogP contribution in [0.1, 0.15) is 13.8 Å². The highest BCUT2D eigenvalue weighted by Crippen LogP contribution is 2.05. The van der Waals surface area contributed by atoms with E-state index in [4.69, 9.17) is 9.84 Å².